The first-order chi connectivity index (χ1) is 15.2. The van der Waals surface area contributed by atoms with E-state index in [1.807, 2.05) is 6.07 Å². The van der Waals surface area contributed by atoms with Crippen LogP contribution in [0.15, 0.2) is 71.8 Å². The van der Waals surface area contributed by atoms with Gasteiger partial charge < -0.3 is 10.1 Å². The largest absolute Gasteiger partial charge is 0.452 e. The molecule has 0 saturated carbocycles. The van der Waals surface area contributed by atoms with Gasteiger partial charge in [-0.15, -0.1) is 0 Å². The number of carbonyl (C=O) groups is 2. The summed E-state index contributed by atoms with van der Waals surface area (Å²) in [7, 11) is -4.01. The lowest BCUT2D eigenvalue weighted by atomic mass is 10.2. The minimum atomic E-state index is -4.01. The molecule has 32 heavy (non-hydrogen) atoms. The van der Waals surface area contributed by atoms with Gasteiger partial charge in [-0.2, -0.15) is 0 Å². The highest BCUT2D eigenvalue weighted by Crippen LogP contribution is 2.23. The molecule has 0 aliphatic heterocycles. The summed E-state index contributed by atoms with van der Waals surface area (Å²) >= 11 is 11.8. The van der Waals surface area contributed by atoms with Crippen LogP contribution in [0, 0.1) is 0 Å². The maximum Gasteiger partial charge on any atom is 0.338 e. The van der Waals surface area contributed by atoms with Crippen molar-refractivity contribution in [2.24, 2.45) is 0 Å². The van der Waals surface area contributed by atoms with Gasteiger partial charge in [0.1, 0.15) is 10.7 Å². The quantitative estimate of drug-likeness (QED) is 0.462. The van der Waals surface area contributed by atoms with Gasteiger partial charge in [0.25, 0.3) is 5.91 Å². The molecule has 1 amide bonds. The van der Waals surface area contributed by atoms with Gasteiger partial charge in [-0.05, 0) is 35.9 Å². The first-order valence-corrected chi connectivity index (χ1v) is 11.4. The smallest absolute Gasteiger partial charge is 0.338 e. The molecule has 0 atom stereocenters. The molecule has 0 radical (unpaired) electrons. The van der Waals surface area contributed by atoms with Crippen molar-refractivity contribution >= 4 is 50.9 Å². The molecule has 2 N–H and O–H groups in total. The summed E-state index contributed by atoms with van der Waals surface area (Å²) in [6.45, 7) is -0.548. The Hall–Kier alpha value is -2.98. The number of aromatic nitrogens is 1. The van der Waals surface area contributed by atoms with Crippen LogP contribution in [0.25, 0.3) is 0 Å². The molecule has 1 heterocycles. The van der Waals surface area contributed by atoms with E-state index in [1.54, 1.807) is 24.3 Å². The molecule has 0 spiro atoms. The second kappa shape index (κ2) is 10.6. The van der Waals surface area contributed by atoms with E-state index in [-0.39, 0.29) is 27.8 Å². The van der Waals surface area contributed by atoms with Crippen molar-refractivity contribution in [3.8, 4) is 0 Å². The van der Waals surface area contributed by atoms with Crippen LogP contribution < -0.4 is 10.0 Å². The number of benzene rings is 2. The van der Waals surface area contributed by atoms with Gasteiger partial charge in [0.05, 0.1) is 15.6 Å². The third-order valence-electron chi connectivity index (χ3n) is 4.09. The third kappa shape index (κ3) is 6.51. The molecule has 0 saturated heterocycles. The highest BCUT2D eigenvalue weighted by Gasteiger charge is 2.21. The zero-order chi connectivity index (χ0) is 23.1. The first-order valence-electron chi connectivity index (χ1n) is 9.16. The van der Waals surface area contributed by atoms with E-state index in [4.69, 9.17) is 27.9 Å². The van der Waals surface area contributed by atoms with Crippen LogP contribution in [0.2, 0.25) is 10.0 Å². The number of anilines is 1. The topological polar surface area (TPSA) is 114 Å². The number of ether oxygens (including phenoxy) is 1. The lowest BCUT2D eigenvalue weighted by molar-refractivity contribution is -0.119. The number of carbonyl (C=O) groups excluding carboxylic acids is 2. The van der Waals surface area contributed by atoms with Crippen molar-refractivity contribution in [2.45, 2.75) is 11.4 Å². The Labute approximate surface area is 194 Å². The van der Waals surface area contributed by atoms with Crippen molar-refractivity contribution in [1.29, 1.82) is 0 Å². The molecule has 0 aliphatic rings. The Kier molecular flexibility index (Phi) is 7.81. The second-order valence-electron chi connectivity index (χ2n) is 6.44. The summed E-state index contributed by atoms with van der Waals surface area (Å²) in [5.74, 6) is -1.28. The maximum atomic E-state index is 12.7. The Morgan fingerprint density at radius 1 is 1.00 bits per heavy atom. The number of amides is 1. The summed E-state index contributed by atoms with van der Waals surface area (Å²) in [4.78, 5) is 27.9. The van der Waals surface area contributed by atoms with Crippen molar-refractivity contribution in [3.05, 3.63) is 88.0 Å². The lowest BCUT2D eigenvalue weighted by Gasteiger charge is -2.11. The van der Waals surface area contributed by atoms with Gasteiger partial charge in [-0.1, -0.05) is 53.5 Å². The van der Waals surface area contributed by atoms with Gasteiger partial charge in [0.15, 0.2) is 6.61 Å². The highest BCUT2D eigenvalue weighted by atomic mass is 35.5. The van der Waals surface area contributed by atoms with E-state index in [2.05, 4.69) is 15.0 Å². The fourth-order valence-corrected chi connectivity index (χ4v) is 4.18. The predicted molar refractivity (Wildman–Crippen MR) is 120 cm³/mol. The Morgan fingerprint density at radius 2 is 1.75 bits per heavy atom. The van der Waals surface area contributed by atoms with Gasteiger partial charge in [0, 0.05) is 12.7 Å². The maximum absolute atomic E-state index is 12.7. The molecular weight excluding hydrogens is 477 g/mol. The third-order valence-corrected chi connectivity index (χ3v) is 6.20. The summed E-state index contributed by atoms with van der Waals surface area (Å²) in [6, 6.07) is 15.6. The molecule has 0 fully saturated rings. The Balaban J connectivity index is 1.64. The van der Waals surface area contributed by atoms with Crippen molar-refractivity contribution in [2.75, 3.05) is 11.9 Å². The van der Waals surface area contributed by atoms with E-state index in [9.17, 15) is 18.0 Å². The van der Waals surface area contributed by atoms with Gasteiger partial charge in [-0.25, -0.2) is 22.9 Å². The van der Waals surface area contributed by atoms with E-state index >= 15 is 0 Å². The summed E-state index contributed by atoms with van der Waals surface area (Å²) in [6.07, 6.45) is 1.35. The van der Waals surface area contributed by atoms with Gasteiger partial charge >= 0.3 is 5.97 Å². The number of nitrogens with zero attached hydrogens (tertiary/aromatic N) is 1. The number of hydrogen-bond donors (Lipinski definition) is 2. The second-order valence-corrected chi connectivity index (χ2v) is 9.02. The van der Waals surface area contributed by atoms with Crippen LogP contribution in [-0.4, -0.2) is 31.9 Å². The Morgan fingerprint density at radius 3 is 2.44 bits per heavy atom. The molecular formula is C21H17Cl2N3O5S. The number of halogens is 2. The van der Waals surface area contributed by atoms with Crippen LogP contribution in [0.3, 0.4) is 0 Å². The monoisotopic (exact) mass is 493 g/mol. The number of pyridine rings is 1. The molecule has 1 aromatic heterocycles. The molecule has 0 aliphatic carbocycles. The average molecular weight is 494 g/mol. The molecule has 166 valence electrons. The van der Waals surface area contributed by atoms with Crippen molar-refractivity contribution in [1.82, 2.24) is 9.71 Å². The minimum Gasteiger partial charge on any atom is -0.452 e. The van der Waals surface area contributed by atoms with Crippen LogP contribution >= 0.6 is 23.2 Å². The van der Waals surface area contributed by atoms with Crippen molar-refractivity contribution < 1.29 is 22.7 Å². The minimum absolute atomic E-state index is 0.0487. The SMILES string of the molecule is O=C(COC(=O)c1ccc(Cl)c(S(=O)(=O)NCc2ccccc2)c1)Nc1ccc(Cl)cn1. The fourth-order valence-electron chi connectivity index (χ4n) is 2.53. The van der Waals surface area contributed by atoms with Gasteiger partial charge in [-0.3, -0.25) is 4.79 Å². The first kappa shape index (κ1) is 23.7. The summed E-state index contributed by atoms with van der Waals surface area (Å²) in [5.41, 5.74) is 0.677. The summed E-state index contributed by atoms with van der Waals surface area (Å²) in [5, 5.41) is 2.78. The number of rotatable bonds is 8. The van der Waals surface area contributed by atoms with E-state index in [1.165, 1.54) is 30.5 Å². The molecule has 0 unspecified atom stereocenters. The van der Waals surface area contributed by atoms with E-state index in [0.29, 0.717) is 5.02 Å². The average Bonchev–Trinajstić information content (AvgIpc) is 2.78. The molecule has 0 bridgehead atoms. The fraction of sp³-hybridized carbons (Fsp3) is 0.0952. The van der Waals surface area contributed by atoms with Crippen LogP contribution in [-0.2, 0) is 26.1 Å². The van der Waals surface area contributed by atoms with Crippen LogP contribution in [0.5, 0.6) is 0 Å². The number of nitrogens with one attached hydrogen (secondary N) is 2. The lowest BCUT2D eigenvalue weighted by Crippen LogP contribution is -2.24. The van der Waals surface area contributed by atoms with E-state index in [0.717, 1.165) is 11.6 Å². The number of hydrogen-bond acceptors (Lipinski definition) is 6. The standard InChI is InChI=1S/C21H17Cl2N3O5S/c22-16-7-9-19(24-12-16)26-20(27)13-31-21(28)15-6-8-17(23)18(10-15)32(29,30)25-11-14-4-2-1-3-5-14/h1-10,12,25H,11,13H2,(H,24,26,27). The summed E-state index contributed by atoms with van der Waals surface area (Å²) < 4.78 is 32.7. The van der Waals surface area contributed by atoms with Crippen molar-refractivity contribution in [3.63, 3.8) is 0 Å². The highest BCUT2D eigenvalue weighted by molar-refractivity contribution is 7.89. The molecule has 3 aromatic rings. The van der Waals surface area contributed by atoms with Crippen LogP contribution in [0.4, 0.5) is 5.82 Å². The Bertz CT molecular complexity index is 1220. The number of esters is 1. The van der Waals surface area contributed by atoms with Crippen LogP contribution in [0.1, 0.15) is 15.9 Å². The predicted octanol–water partition coefficient (Wildman–Crippen LogP) is 3.66. The molecule has 11 heteroatoms. The number of sulfonamides is 1. The van der Waals surface area contributed by atoms with E-state index < -0.39 is 28.5 Å². The molecule has 3 rings (SSSR count). The molecule has 8 nitrogen and oxygen atoms in total. The normalized spacial score (nSPS) is 11.1. The van der Waals surface area contributed by atoms with Gasteiger partial charge in [0.2, 0.25) is 10.0 Å². The molecule has 2 aromatic carbocycles. The zero-order valence-corrected chi connectivity index (χ0v) is 18.7. The zero-order valence-electron chi connectivity index (χ0n) is 16.4.